The van der Waals surface area contributed by atoms with Crippen molar-refractivity contribution < 1.29 is 4.79 Å². The van der Waals surface area contributed by atoms with Crippen molar-refractivity contribution in [3.63, 3.8) is 0 Å². The Bertz CT molecular complexity index is 281. The first-order valence-electron chi connectivity index (χ1n) is 3.66. The number of amides is 1. The van der Waals surface area contributed by atoms with E-state index in [0.717, 1.165) is 5.56 Å². The molecular formula is C7H12N4O. The van der Waals surface area contributed by atoms with Crippen molar-refractivity contribution in [3.05, 3.63) is 18.0 Å². The molecule has 1 unspecified atom stereocenters. The summed E-state index contributed by atoms with van der Waals surface area (Å²) in [6.45, 7) is 3.64. The first-order valence-corrected chi connectivity index (χ1v) is 3.66. The number of hydrazine groups is 1. The van der Waals surface area contributed by atoms with Crippen LogP contribution in [0.2, 0.25) is 0 Å². The van der Waals surface area contributed by atoms with E-state index >= 15 is 0 Å². The molecule has 12 heavy (non-hydrogen) atoms. The van der Waals surface area contributed by atoms with Gasteiger partial charge in [-0.25, -0.2) is 5.84 Å². The van der Waals surface area contributed by atoms with Gasteiger partial charge >= 0.3 is 0 Å². The Kier molecular flexibility index (Phi) is 2.44. The Hall–Kier alpha value is -1.36. The van der Waals surface area contributed by atoms with Gasteiger partial charge in [0.2, 0.25) is 0 Å². The third-order valence-corrected chi connectivity index (χ3v) is 1.65. The molecule has 0 fully saturated rings. The third-order valence-electron chi connectivity index (χ3n) is 1.65. The number of nitrogens with one attached hydrogen (secondary N) is 1. The fourth-order valence-corrected chi connectivity index (χ4v) is 0.886. The topological polar surface area (TPSA) is 72.9 Å². The zero-order chi connectivity index (χ0) is 9.14. The second-order valence-electron chi connectivity index (χ2n) is 2.68. The van der Waals surface area contributed by atoms with Gasteiger partial charge in [0.1, 0.15) is 6.04 Å². The van der Waals surface area contributed by atoms with Crippen LogP contribution in [0.15, 0.2) is 12.4 Å². The average Bonchev–Trinajstić information content (AvgIpc) is 2.49. The predicted molar refractivity (Wildman–Crippen MR) is 44.0 cm³/mol. The van der Waals surface area contributed by atoms with Crippen LogP contribution in [0.3, 0.4) is 0 Å². The van der Waals surface area contributed by atoms with Gasteiger partial charge in [0.05, 0.1) is 6.20 Å². The molecule has 3 N–H and O–H groups in total. The van der Waals surface area contributed by atoms with Gasteiger partial charge in [-0.2, -0.15) is 5.10 Å². The Morgan fingerprint density at radius 1 is 1.83 bits per heavy atom. The zero-order valence-electron chi connectivity index (χ0n) is 7.11. The molecule has 0 aliphatic carbocycles. The minimum Gasteiger partial charge on any atom is -0.292 e. The van der Waals surface area contributed by atoms with Crippen LogP contribution in [-0.4, -0.2) is 15.7 Å². The minimum atomic E-state index is -0.358. The summed E-state index contributed by atoms with van der Waals surface area (Å²) in [5.74, 6) is 4.72. The van der Waals surface area contributed by atoms with Crippen LogP contribution in [0.1, 0.15) is 18.5 Å². The molecule has 0 spiro atoms. The molecule has 0 saturated heterocycles. The lowest BCUT2D eigenvalue weighted by Gasteiger charge is -2.08. The molecule has 0 aliphatic heterocycles. The SMILES string of the molecule is Cc1cnn(C(C)C(=O)NN)c1. The van der Waals surface area contributed by atoms with Gasteiger partial charge < -0.3 is 0 Å². The standard InChI is InChI=1S/C7H12N4O/c1-5-3-9-11(4-5)6(2)7(12)10-8/h3-4,6H,8H2,1-2H3,(H,10,12). The largest absolute Gasteiger partial charge is 0.292 e. The first kappa shape index (κ1) is 8.73. The fraction of sp³-hybridized carbons (Fsp3) is 0.429. The molecule has 1 heterocycles. The normalized spacial score (nSPS) is 12.6. The molecule has 1 aromatic heterocycles. The van der Waals surface area contributed by atoms with Crippen molar-refractivity contribution in [2.45, 2.75) is 19.9 Å². The Labute approximate surface area is 70.5 Å². The van der Waals surface area contributed by atoms with E-state index in [1.165, 1.54) is 0 Å². The highest BCUT2D eigenvalue weighted by molar-refractivity contribution is 5.79. The van der Waals surface area contributed by atoms with Gasteiger partial charge in [-0.05, 0) is 19.4 Å². The molecular weight excluding hydrogens is 156 g/mol. The molecule has 0 aliphatic rings. The molecule has 0 radical (unpaired) electrons. The smallest absolute Gasteiger partial charge is 0.258 e. The van der Waals surface area contributed by atoms with E-state index in [0.29, 0.717) is 0 Å². The number of carbonyl (C=O) groups excluding carboxylic acids is 1. The summed E-state index contributed by atoms with van der Waals surface area (Å²) >= 11 is 0. The number of aromatic nitrogens is 2. The van der Waals surface area contributed by atoms with Gasteiger partial charge in [-0.15, -0.1) is 0 Å². The van der Waals surface area contributed by atoms with Gasteiger partial charge in [-0.3, -0.25) is 14.9 Å². The highest BCUT2D eigenvalue weighted by atomic mass is 16.2. The summed E-state index contributed by atoms with van der Waals surface area (Å²) in [4.78, 5) is 11.0. The molecule has 1 rings (SSSR count). The van der Waals surface area contributed by atoms with Crippen molar-refractivity contribution in [1.82, 2.24) is 15.2 Å². The van der Waals surface area contributed by atoms with E-state index in [4.69, 9.17) is 5.84 Å². The van der Waals surface area contributed by atoms with Crippen molar-refractivity contribution in [2.75, 3.05) is 0 Å². The molecule has 0 aromatic carbocycles. The van der Waals surface area contributed by atoms with E-state index in [1.54, 1.807) is 24.0 Å². The number of rotatable bonds is 2. The molecule has 0 bridgehead atoms. The number of hydrogen-bond donors (Lipinski definition) is 2. The minimum absolute atomic E-state index is 0.252. The highest BCUT2D eigenvalue weighted by Crippen LogP contribution is 2.04. The Balaban J connectivity index is 2.77. The number of nitrogens with two attached hydrogens (primary N) is 1. The van der Waals surface area contributed by atoms with Crippen LogP contribution in [0.25, 0.3) is 0 Å². The molecule has 0 saturated carbocycles. The number of carbonyl (C=O) groups is 1. The highest BCUT2D eigenvalue weighted by Gasteiger charge is 2.13. The van der Waals surface area contributed by atoms with Gasteiger partial charge in [-0.1, -0.05) is 0 Å². The fourth-order valence-electron chi connectivity index (χ4n) is 0.886. The second kappa shape index (κ2) is 3.36. The van der Waals surface area contributed by atoms with Crippen LogP contribution in [0.5, 0.6) is 0 Å². The summed E-state index contributed by atoms with van der Waals surface area (Å²) < 4.78 is 1.57. The van der Waals surface area contributed by atoms with E-state index < -0.39 is 0 Å². The van der Waals surface area contributed by atoms with E-state index in [1.807, 2.05) is 6.92 Å². The molecule has 1 aromatic rings. The summed E-state index contributed by atoms with van der Waals surface area (Å²) in [6.07, 6.45) is 3.49. The second-order valence-corrected chi connectivity index (χ2v) is 2.68. The first-order chi connectivity index (χ1) is 5.65. The number of hydrogen-bond acceptors (Lipinski definition) is 3. The quantitative estimate of drug-likeness (QED) is 0.363. The maximum Gasteiger partial charge on any atom is 0.258 e. The van der Waals surface area contributed by atoms with Crippen molar-refractivity contribution >= 4 is 5.91 Å². The molecule has 66 valence electrons. The summed E-state index contributed by atoms with van der Waals surface area (Å²) in [5, 5.41) is 3.99. The van der Waals surface area contributed by atoms with E-state index in [-0.39, 0.29) is 11.9 Å². The Morgan fingerprint density at radius 2 is 2.50 bits per heavy atom. The van der Waals surface area contributed by atoms with E-state index in [2.05, 4.69) is 10.5 Å². The molecule has 1 atom stereocenters. The molecule has 5 nitrogen and oxygen atoms in total. The van der Waals surface area contributed by atoms with E-state index in [9.17, 15) is 4.79 Å². The van der Waals surface area contributed by atoms with Crippen molar-refractivity contribution in [2.24, 2.45) is 5.84 Å². The lowest BCUT2D eigenvalue weighted by atomic mass is 10.3. The van der Waals surface area contributed by atoms with Crippen LogP contribution in [0.4, 0.5) is 0 Å². The zero-order valence-corrected chi connectivity index (χ0v) is 7.11. The molecule has 5 heteroatoms. The number of aryl methyl sites for hydroxylation is 1. The van der Waals surface area contributed by atoms with Gasteiger partial charge in [0, 0.05) is 6.20 Å². The van der Waals surface area contributed by atoms with Crippen molar-refractivity contribution in [3.8, 4) is 0 Å². The average molecular weight is 168 g/mol. The van der Waals surface area contributed by atoms with Crippen LogP contribution < -0.4 is 11.3 Å². The number of nitrogens with zero attached hydrogens (tertiary/aromatic N) is 2. The summed E-state index contributed by atoms with van der Waals surface area (Å²) in [7, 11) is 0. The van der Waals surface area contributed by atoms with Crippen LogP contribution in [0, 0.1) is 6.92 Å². The van der Waals surface area contributed by atoms with Crippen molar-refractivity contribution in [1.29, 1.82) is 0 Å². The summed E-state index contributed by atoms with van der Waals surface area (Å²) in [6, 6.07) is -0.358. The predicted octanol–water partition coefficient (Wildman–Crippen LogP) is -0.258. The maximum atomic E-state index is 11.0. The van der Waals surface area contributed by atoms with Crippen LogP contribution >= 0.6 is 0 Å². The Morgan fingerprint density at radius 3 is 2.92 bits per heavy atom. The lowest BCUT2D eigenvalue weighted by molar-refractivity contribution is -0.124. The summed E-state index contributed by atoms with van der Waals surface area (Å²) in [5.41, 5.74) is 3.09. The van der Waals surface area contributed by atoms with Gasteiger partial charge in [0.15, 0.2) is 0 Å². The third kappa shape index (κ3) is 1.62. The maximum absolute atomic E-state index is 11.0. The van der Waals surface area contributed by atoms with Gasteiger partial charge in [0.25, 0.3) is 5.91 Å². The van der Waals surface area contributed by atoms with Crippen LogP contribution in [-0.2, 0) is 4.79 Å². The monoisotopic (exact) mass is 168 g/mol. The lowest BCUT2D eigenvalue weighted by Crippen LogP contribution is -2.36. The molecule has 1 amide bonds.